The molecule has 112 valence electrons. The summed E-state index contributed by atoms with van der Waals surface area (Å²) in [6, 6.07) is 7.51. The van der Waals surface area contributed by atoms with Gasteiger partial charge in [-0.05, 0) is 51.3 Å². The highest BCUT2D eigenvalue weighted by atomic mass is 15.1. The predicted molar refractivity (Wildman–Crippen MR) is 88.7 cm³/mol. The minimum atomic E-state index is 0.787. The molecule has 1 saturated carbocycles. The molecule has 0 spiro atoms. The molecule has 1 aromatic carbocycles. The molecule has 1 N–H and O–H groups in total. The zero-order valence-electron chi connectivity index (χ0n) is 13.4. The summed E-state index contributed by atoms with van der Waals surface area (Å²) in [6.07, 6.45) is 8.26. The maximum Gasteiger partial charge on any atom is 0.0393 e. The van der Waals surface area contributed by atoms with E-state index >= 15 is 0 Å². The minimum absolute atomic E-state index is 0.787. The summed E-state index contributed by atoms with van der Waals surface area (Å²) in [5.41, 5.74) is 4.10. The van der Waals surface area contributed by atoms with Gasteiger partial charge < -0.3 is 10.2 Å². The Kier molecular flexibility index (Phi) is 5.90. The lowest BCUT2D eigenvalue weighted by atomic mass is 9.95. The van der Waals surface area contributed by atoms with Gasteiger partial charge in [0.25, 0.3) is 0 Å². The molecule has 0 atom stereocenters. The number of nitrogens with zero attached hydrogens (tertiary/aromatic N) is 1. The lowest BCUT2D eigenvalue weighted by molar-refractivity contribution is 0.373. The molecule has 0 aromatic heterocycles. The fourth-order valence-electron chi connectivity index (χ4n) is 3.28. The van der Waals surface area contributed by atoms with Crippen molar-refractivity contribution in [1.82, 2.24) is 5.32 Å². The second kappa shape index (κ2) is 7.68. The Hall–Kier alpha value is -1.02. The highest BCUT2D eigenvalue weighted by molar-refractivity contribution is 5.53. The Balaban J connectivity index is 1.70. The van der Waals surface area contributed by atoms with Gasteiger partial charge in [0.05, 0.1) is 0 Å². The van der Waals surface area contributed by atoms with Crippen LogP contribution in [0.5, 0.6) is 0 Å². The molecule has 0 aliphatic heterocycles. The molecule has 1 aliphatic rings. The largest absolute Gasteiger partial charge is 0.374 e. The topological polar surface area (TPSA) is 15.3 Å². The van der Waals surface area contributed by atoms with Crippen LogP contribution in [0.1, 0.15) is 49.7 Å². The summed E-state index contributed by atoms with van der Waals surface area (Å²) in [4.78, 5) is 2.39. The van der Waals surface area contributed by atoms with Crippen LogP contribution in [0.15, 0.2) is 18.2 Å². The first-order valence-electron chi connectivity index (χ1n) is 8.18. The molecule has 2 rings (SSSR count). The van der Waals surface area contributed by atoms with Crippen LogP contribution in [0.2, 0.25) is 0 Å². The van der Waals surface area contributed by atoms with Crippen molar-refractivity contribution in [1.29, 1.82) is 0 Å². The number of hydrogen-bond donors (Lipinski definition) is 1. The third-order valence-electron chi connectivity index (χ3n) is 4.47. The van der Waals surface area contributed by atoms with Crippen LogP contribution in [-0.2, 0) is 0 Å². The summed E-state index contributed by atoms with van der Waals surface area (Å²) in [6.45, 7) is 6.65. The number of anilines is 1. The van der Waals surface area contributed by atoms with Gasteiger partial charge in [0.1, 0.15) is 0 Å². The van der Waals surface area contributed by atoms with E-state index in [1.807, 2.05) is 0 Å². The van der Waals surface area contributed by atoms with Gasteiger partial charge in [-0.2, -0.15) is 0 Å². The normalized spacial score (nSPS) is 16.4. The van der Waals surface area contributed by atoms with E-state index in [9.17, 15) is 0 Å². The van der Waals surface area contributed by atoms with E-state index in [2.05, 4.69) is 49.3 Å². The zero-order valence-corrected chi connectivity index (χ0v) is 13.4. The van der Waals surface area contributed by atoms with Crippen molar-refractivity contribution in [2.75, 3.05) is 25.0 Å². The van der Waals surface area contributed by atoms with E-state index < -0.39 is 0 Å². The fraction of sp³-hybridized carbons (Fsp3) is 0.667. The highest BCUT2D eigenvalue weighted by Crippen LogP contribution is 2.20. The van der Waals surface area contributed by atoms with Crippen molar-refractivity contribution >= 4 is 5.69 Å². The molecule has 0 saturated heterocycles. The molecule has 2 heteroatoms. The molecule has 2 nitrogen and oxygen atoms in total. The van der Waals surface area contributed by atoms with Crippen LogP contribution in [0, 0.1) is 13.8 Å². The molecule has 0 heterocycles. The standard InChI is InChI=1S/C18H30N2/c1-15-10-11-18(16(2)14-15)20(3)13-7-12-19-17-8-5-4-6-9-17/h10-11,14,17,19H,4-9,12-13H2,1-3H3. The maximum atomic E-state index is 3.73. The minimum Gasteiger partial charge on any atom is -0.374 e. The highest BCUT2D eigenvalue weighted by Gasteiger charge is 2.12. The van der Waals surface area contributed by atoms with Crippen LogP contribution < -0.4 is 10.2 Å². The molecule has 0 amide bonds. The van der Waals surface area contributed by atoms with Gasteiger partial charge in [-0.1, -0.05) is 37.0 Å². The average Bonchev–Trinajstić information content (AvgIpc) is 2.44. The second-order valence-corrected chi connectivity index (χ2v) is 6.35. The van der Waals surface area contributed by atoms with Gasteiger partial charge in [0.15, 0.2) is 0 Å². The summed E-state index contributed by atoms with van der Waals surface area (Å²) in [5.74, 6) is 0. The van der Waals surface area contributed by atoms with Gasteiger partial charge >= 0.3 is 0 Å². The third kappa shape index (κ3) is 4.52. The van der Waals surface area contributed by atoms with E-state index in [-0.39, 0.29) is 0 Å². The van der Waals surface area contributed by atoms with Gasteiger partial charge in [-0.3, -0.25) is 0 Å². The van der Waals surface area contributed by atoms with Crippen molar-refractivity contribution in [3.8, 4) is 0 Å². The number of rotatable bonds is 6. The Morgan fingerprint density at radius 1 is 1.15 bits per heavy atom. The van der Waals surface area contributed by atoms with Crippen molar-refractivity contribution in [3.05, 3.63) is 29.3 Å². The zero-order chi connectivity index (χ0) is 14.4. The monoisotopic (exact) mass is 274 g/mol. The third-order valence-corrected chi connectivity index (χ3v) is 4.47. The van der Waals surface area contributed by atoms with E-state index in [0.717, 1.165) is 19.1 Å². The van der Waals surface area contributed by atoms with E-state index in [4.69, 9.17) is 0 Å². The molecule has 0 bridgehead atoms. The van der Waals surface area contributed by atoms with E-state index in [0.29, 0.717) is 0 Å². The van der Waals surface area contributed by atoms with Gasteiger partial charge in [-0.25, -0.2) is 0 Å². The number of aryl methyl sites for hydroxylation is 2. The van der Waals surface area contributed by atoms with Crippen LogP contribution in [-0.4, -0.2) is 26.2 Å². The molecular formula is C18H30N2. The molecule has 0 unspecified atom stereocenters. The number of benzene rings is 1. The van der Waals surface area contributed by atoms with Crippen LogP contribution in [0.4, 0.5) is 5.69 Å². The SMILES string of the molecule is Cc1ccc(N(C)CCCNC2CCCCC2)c(C)c1. The van der Waals surface area contributed by atoms with Gasteiger partial charge in [-0.15, -0.1) is 0 Å². The number of nitrogens with one attached hydrogen (secondary N) is 1. The quantitative estimate of drug-likeness (QED) is 0.787. The predicted octanol–water partition coefficient (Wildman–Crippen LogP) is 4.05. The number of hydrogen-bond acceptors (Lipinski definition) is 2. The Morgan fingerprint density at radius 2 is 1.90 bits per heavy atom. The lowest BCUT2D eigenvalue weighted by Gasteiger charge is -2.25. The Morgan fingerprint density at radius 3 is 2.60 bits per heavy atom. The van der Waals surface area contributed by atoms with Crippen LogP contribution >= 0.6 is 0 Å². The van der Waals surface area contributed by atoms with Crippen molar-refractivity contribution in [3.63, 3.8) is 0 Å². The lowest BCUT2D eigenvalue weighted by Crippen LogP contribution is -2.33. The second-order valence-electron chi connectivity index (χ2n) is 6.35. The average molecular weight is 274 g/mol. The molecule has 1 fully saturated rings. The summed E-state index contributed by atoms with van der Waals surface area (Å²) >= 11 is 0. The maximum absolute atomic E-state index is 3.73. The first-order chi connectivity index (χ1) is 9.66. The van der Waals surface area contributed by atoms with Gasteiger partial charge in [0.2, 0.25) is 0 Å². The molecular weight excluding hydrogens is 244 g/mol. The fourth-order valence-corrected chi connectivity index (χ4v) is 3.28. The Bertz CT molecular complexity index is 408. The van der Waals surface area contributed by atoms with Gasteiger partial charge in [0, 0.05) is 25.3 Å². The van der Waals surface area contributed by atoms with Crippen molar-refractivity contribution in [2.24, 2.45) is 0 Å². The first-order valence-corrected chi connectivity index (χ1v) is 8.18. The molecule has 1 aliphatic carbocycles. The van der Waals surface area contributed by atoms with E-state index in [1.165, 1.54) is 55.3 Å². The smallest absolute Gasteiger partial charge is 0.0393 e. The van der Waals surface area contributed by atoms with Crippen LogP contribution in [0.25, 0.3) is 0 Å². The summed E-state index contributed by atoms with van der Waals surface area (Å²) in [7, 11) is 2.21. The first kappa shape index (κ1) is 15.4. The summed E-state index contributed by atoms with van der Waals surface area (Å²) in [5, 5.41) is 3.73. The van der Waals surface area contributed by atoms with Crippen LogP contribution in [0.3, 0.4) is 0 Å². The molecule has 20 heavy (non-hydrogen) atoms. The molecule has 1 aromatic rings. The summed E-state index contributed by atoms with van der Waals surface area (Å²) < 4.78 is 0. The molecule has 0 radical (unpaired) electrons. The van der Waals surface area contributed by atoms with Crippen molar-refractivity contribution in [2.45, 2.75) is 58.4 Å². The van der Waals surface area contributed by atoms with E-state index in [1.54, 1.807) is 0 Å². The Labute approximate surface area is 124 Å². The van der Waals surface area contributed by atoms with Crippen molar-refractivity contribution < 1.29 is 0 Å².